The number of hydrogen-bond acceptors (Lipinski definition) is 2. The van der Waals surface area contributed by atoms with E-state index in [1.807, 2.05) is 34.6 Å². The minimum Gasteiger partial charge on any atom is -0.350 e. The van der Waals surface area contributed by atoms with Crippen LogP contribution in [0.3, 0.4) is 0 Å². The molecule has 86 valence electrons. The van der Waals surface area contributed by atoms with Gasteiger partial charge in [0, 0.05) is 5.54 Å². The van der Waals surface area contributed by atoms with Gasteiger partial charge in [0.1, 0.15) is 0 Å². The summed E-state index contributed by atoms with van der Waals surface area (Å²) in [7, 11) is 0. The van der Waals surface area contributed by atoms with Crippen molar-refractivity contribution in [1.29, 1.82) is 0 Å². The Morgan fingerprint density at radius 3 is 2.33 bits per heavy atom. The molecule has 0 radical (unpaired) electrons. The second kappa shape index (κ2) is 5.77. The summed E-state index contributed by atoms with van der Waals surface area (Å²) in [4.78, 5) is 11.7. The third-order valence-electron chi connectivity index (χ3n) is 1.95. The highest BCUT2D eigenvalue weighted by molar-refractivity contribution is 5.82. The molecule has 15 heavy (non-hydrogen) atoms. The number of carbonyl (C=O) groups is 1. The molecule has 3 heteroatoms. The van der Waals surface area contributed by atoms with Crippen molar-refractivity contribution in [3.8, 4) is 12.3 Å². The molecule has 0 heterocycles. The van der Waals surface area contributed by atoms with Crippen LogP contribution in [-0.2, 0) is 4.79 Å². The zero-order valence-corrected chi connectivity index (χ0v) is 10.3. The second-order valence-corrected chi connectivity index (χ2v) is 4.76. The van der Waals surface area contributed by atoms with Crippen LogP contribution in [-0.4, -0.2) is 23.5 Å². The number of carbonyl (C=O) groups excluding carboxylic acids is 1. The Bertz CT molecular complexity index is 247. The topological polar surface area (TPSA) is 41.1 Å². The summed E-state index contributed by atoms with van der Waals surface area (Å²) in [6.45, 7) is 9.68. The number of amides is 1. The van der Waals surface area contributed by atoms with Gasteiger partial charge in [-0.2, -0.15) is 0 Å². The first-order valence-electron chi connectivity index (χ1n) is 5.34. The van der Waals surface area contributed by atoms with Gasteiger partial charge in [-0.05, 0) is 34.1 Å². The number of hydrogen-bond donors (Lipinski definition) is 2. The zero-order chi connectivity index (χ0) is 12.1. The fourth-order valence-electron chi connectivity index (χ4n) is 1.14. The summed E-state index contributed by atoms with van der Waals surface area (Å²) in [6, 6.07) is -0.295. The van der Waals surface area contributed by atoms with E-state index in [4.69, 9.17) is 6.42 Å². The van der Waals surface area contributed by atoms with Crippen molar-refractivity contribution in [3.63, 3.8) is 0 Å². The Balaban J connectivity index is 4.17. The quantitative estimate of drug-likeness (QED) is 0.687. The first-order valence-corrected chi connectivity index (χ1v) is 5.34. The third kappa shape index (κ3) is 6.14. The van der Waals surface area contributed by atoms with Gasteiger partial charge in [-0.3, -0.25) is 10.1 Å². The second-order valence-electron chi connectivity index (χ2n) is 4.76. The van der Waals surface area contributed by atoms with E-state index in [0.717, 1.165) is 6.42 Å². The maximum Gasteiger partial charge on any atom is 0.237 e. The summed E-state index contributed by atoms with van der Waals surface area (Å²) < 4.78 is 0. The third-order valence-corrected chi connectivity index (χ3v) is 1.95. The van der Waals surface area contributed by atoms with Crippen LogP contribution in [0.5, 0.6) is 0 Å². The molecule has 0 saturated carbocycles. The van der Waals surface area contributed by atoms with Gasteiger partial charge >= 0.3 is 0 Å². The van der Waals surface area contributed by atoms with Crippen LogP contribution in [0.15, 0.2) is 0 Å². The average Bonchev–Trinajstić information content (AvgIpc) is 2.10. The lowest BCUT2D eigenvalue weighted by Gasteiger charge is -2.25. The summed E-state index contributed by atoms with van der Waals surface area (Å²) in [6.07, 6.45) is 6.14. The van der Waals surface area contributed by atoms with Crippen LogP contribution in [0.2, 0.25) is 0 Å². The van der Waals surface area contributed by atoms with E-state index in [-0.39, 0.29) is 23.5 Å². The molecule has 3 nitrogen and oxygen atoms in total. The SMILES string of the molecule is C#CC(CC)NC(C)C(=O)NC(C)(C)C. The molecule has 2 atom stereocenters. The van der Waals surface area contributed by atoms with Gasteiger partial charge in [-0.1, -0.05) is 12.8 Å². The predicted octanol–water partition coefficient (Wildman–Crippen LogP) is 1.29. The van der Waals surface area contributed by atoms with E-state index in [2.05, 4.69) is 16.6 Å². The van der Waals surface area contributed by atoms with Gasteiger partial charge in [0.2, 0.25) is 5.91 Å². The Hall–Kier alpha value is -1.01. The highest BCUT2D eigenvalue weighted by Gasteiger charge is 2.20. The van der Waals surface area contributed by atoms with Crippen molar-refractivity contribution in [1.82, 2.24) is 10.6 Å². The van der Waals surface area contributed by atoms with Crippen LogP contribution in [0.4, 0.5) is 0 Å². The van der Waals surface area contributed by atoms with E-state index in [9.17, 15) is 4.79 Å². The van der Waals surface area contributed by atoms with E-state index >= 15 is 0 Å². The summed E-state index contributed by atoms with van der Waals surface area (Å²) >= 11 is 0. The molecule has 0 fully saturated rings. The molecule has 0 aliphatic carbocycles. The predicted molar refractivity (Wildman–Crippen MR) is 63.4 cm³/mol. The lowest BCUT2D eigenvalue weighted by molar-refractivity contribution is -0.124. The molecular weight excluding hydrogens is 188 g/mol. The molecule has 1 amide bonds. The summed E-state index contributed by atoms with van der Waals surface area (Å²) in [5, 5.41) is 5.99. The Morgan fingerprint density at radius 1 is 1.47 bits per heavy atom. The highest BCUT2D eigenvalue weighted by Crippen LogP contribution is 2.00. The molecule has 0 aromatic heterocycles. The van der Waals surface area contributed by atoms with Gasteiger partial charge in [-0.15, -0.1) is 6.42 Å². The monoisotopic (exact) mass is 210 g/mol. The van der Waals surface area contributed by atoms with Crippen LogP contribution in [0.1, 0.15) is 41.0 Å². The number of terminal acetylenes is 1. The summed E-state index contributed by atoms with van der Waals surface area (Å²) in [5.41, 5.74) is -0.203. The van der Waals surface area contributed by atoms with Crippen molar-refractivity contribution in [2.45, 2.75) is 58.7 Å². The zero-order valence-electron chi connectivity index (χ0n) is 10.3. The fraction of sp³-hybridized carbons (Fsp3) is 0.750. The molecule has 0 aliphatic rings. The highest BCUT2D eigenvalue weighted by atomic mass is 16.2. The van der Waals surface area contributed by atoms with Crippen LogP contribution >= 0.6 is 0 Å². The first-order chi connectivity index (χ1) is 6.80. The summed E-state index contributed by atoms with van der Waals surface area (Å²) in [5.74, 6) is 2.59. The molecule has 0 saturated heterocycles. The maximum atomic E-state index is 11.7. The van der Waals surface area contributed by atoms with Gasteiger partial charge in [0.05, 0.1) is 12.1 Å². The lowest BCUT2D eigenvalue weighted by atomic mass is 10.1. The first kappa shape index (κ1) is 14.0. The molecule has 0 bridgehead atoms. The number of nitrogens with one attached hydrogen (secondary N) is 2. The Kier molecular flexibility index (Phi) is 5.38. The van der Waals surface area contributed by atoms with E-state index in [1.54, 1.807) is 0 Å². The van der Waals surface area contributed by atoms with Crippen molar-refractivity contribution in [2.24, 2.45) is 0 Å². The molecule has 0 aliphatic heterocycles. The van der Waals surface area contributed by atoms with Gasteiger partial charge in [0.25, 0.3) is 0 Å². The molecule has 2 unspecified atom stereocenters. The van der Waals surface area contributed by atoms with E-state index in [1.165, 1.54) is 0 Å². The average molecular weight is 210 g/mol. The minimum atomic E-state index is -0.259. The lowest BCUT2D eigenvalue weighted by Crippen LogP contribution is -2.51. The Labute approximate surface area is 93.0 Å². The van der Waals surface area contributed by atoms with Crippen molar-refractivity contribution < 1.29 is 4.79 Å². The number of rotatable bonds is 4. The van der Waals surface area contributed by atoms with Crippen molar-refractivity contribution >= 4 is 5.91 Å². The normalized spacial score (nSPS) is 15.2. The van der Waals surface area contributed by atoms with E-state index in [0.29, 0.717) is 0 Å². The molecule has 0 spiro atoms. The van der Waals surface area contributed by atoms with Gasteiger partial charge in [0.15, 0.2) is 0 Å². The molecule has 0 aromatic carbocycles. The van der Waals surface area contributed by atoms with Crippen LogP contribution < -0.4 is 10.6 Å². The minimum absolute atomic E-state index is 0.0174. The van der Waals surface area contributed by atoms with Crippen molar-refractivity contribution in [3.05, 3.63) is 0 Å². The molecule has 0 rings (SSSR count). The molecule has 2 N–H and O–H groups in total. The fourth-order valence-corrected chi connectivity index (χ4v) is 1.14. The molecule has 0 aromatic rings. The smallest absolute Gasteiger partial charge is 0.237 e. The van der Waals surface area contributed by atoms with Crippen molar-refractivity contribution in [2.75, 3.05) is 0 Å². The Morgan fingerprint density at radius 2 is 2.00 bits per heavy atom. The molecular formula is C12H22N2O. The largest absolute Gasteiger partial charge is 0.350 e. The van der Waals surface area contributed by atoms with Crippen LogP contribution in [0, 0.1) is 12.3 Å². The van der Waals surface area contributed by atoms with Gasteiger partial charge < -0.3 is 5.32 Å². The van der Waals surface area contributed by atoms with Crippen LogP contribution in [0.25, 0.3) is 0 Å². The standard InChI is InChI=1S/C12H22N2O/c1-7-10(8-2)13-9(3)11(15)14-12(4,5)6/h1,9-10,13H,8H2,2-6H3,(H,14,15). The van der Waals surface area contributed by atoms with Gasteiger partial charge in [-0.25, -0.2) is 0 Å². The van der Waals surface area contributed by atoms with E-state index < -0.39 is 0 Å². The maximum absolute atomic E-state index is 11.7.